The molecule has 4 aromatic rings. The number of hydrogen-bond donors (Lipinski definition) is 2. The van der Waals surface area contributed by atoms with E-state index < -0.39 is 12.0 Å². The molecule has 0 amide bonds. The monoisotopic (exact) mass is 549 g/mol. The number of anilines is 1. The molecule has 0 aliphatic carbocycles. The van der Waals surface area contributed by atoms with Crippen molar-refractivity contribution in [2.75, 3.05) is 19.5 Å². The summed E-state index contributed by atoms with van der Waals surface area (Å²) in [4.78, 5) is 17.0. The van der Waals surface area contributed by atoms with E-state index in [9.17, 15) is 4.79 Å². The van der Waals surface area contributed by atoms with E-state index in [1.807, 2.05) is 30.3 Å². The maximum absolute atomic E-state index is 12.9. The van der Waals surface area contributed by atoms with Crippen LogP contribution in [0.1, 0.15) is 59.6 Å². The lowest BCUT2D eigenvalue weighted by atomic mass is 9.81. The Hall–Kier alpha value is -4.62. The zero-order valence-corrected chi connectivity index (χ0v) is 24.2. The van der Waals surface area contributed by atoms with E-state index in [0.717, 1.165) is 39.1 Å². The second-order valence-electron chi connectivity index (χ2n) is 10.7. The highest BCUT2D eigenvalue weighted by Crippen LogP contribution is 2.47. The normalized spacial score (nSPS) is 14.3. The molecular weight excluding hydrogens is 514 g/mol. The average Bonchev–Trinajstić information content (AvgIpc) is 2.95. The number of esters is 1. The summed E-state index contributed by atoms with van der Waals surface area (Å²) in [6.45, 7) is 8.17. The molecular formula is C34H35N3O4. The number of rotatable bonds is 7. The number of aryl methyl sites for hydroxylation is 1. The third kappa shape index (κ3) is 5.41. The molecule has 1 aromatic heterocycles. The molecule has 7 heteroatoms. The van der Waals surface area contributed by atoms with E-state index in [2.05, 4.69) is 49.3 Å². The number of nitrogens with one attached hydrogen (secondary N) is 1. The van der Waals surface area contributed by atoms with Crippen LogP contribution in [0.3, 0.4) is 0 Å². The van der Waals surface area contributed by atoms with Crippen LogP contribution in [-0.4, -0.2) is 30.7 Å². The number of aromatic nitrogens is 1. The zero-order valence-electron chi connectivity index (χ0n) is 24.2. The molecule has 3 aromatic carbocycles. The van der Waals surface area contributed by atoms with Gasteiger partial charge in [0.2, 0.25) is 0 Å². The second-order valence-corrected chi connectivity index (χ2v) is 10.7. The summed E-state index contributed by atoms with van der Waals surface area (Å²) in [5, 5.41) is 3.64. The Bertz CT molecular complexity index is 1660. The minimum Gasteiger partial charge on any atom is -0.496 e. The highest BCUT2D eigenvalue weighted by Gasteiger charge is 2.30. The van der Waals surface area contributed by atoms with Gasteiger partial charge in [-0.1, -0.05) is 30.3 Å². The minimum atomic E-state index is -0.502. The van der Waals surface area contributed by atoms with E-state index in [4.69, 9.17) is 19.9 Å². The first kappa shape index (κ1) is 27.9. The molecule has 0 saturated carbocycles. The van der Waals surface area contributed by atoms with Crippen molar-refractivity contribution in [2.45, 2.75) is 39.3 Å². The van der Waals surface area contributed by atoms with Crippen molar-refractivity contribution in [1.29, 1.82) is 0 Å². The van der Waals surface area contributed by atoms with Crippen molar-refractivity contribution in [2.24, 2.45) is 5.73 Å². The quantitative estimate of drug-likeness (QED) is 0.190. The second kappa shape index (κ2) is 11.1. The summed E-state index contributed by atoms with van der Waals surface area (Å²) in [6.07, 6.45) is 3.86. The van der Waals surface area contributed by atoms with Gasteiger partial charge in [-0.3, -0.25) is 4.98 Å². The molecule has 0 bridgehead atoms. The maximum atomic E-state index is 12.9. The summed E-state index contributed by atoms with van der Waals surface area (Å²) in [7, 11) is 3.25. The van der Waals surface area contributed by atoms with Gasteiger partial charge in [0.1, 0.15) is 17.2 Å². The van der Waals surface area contributed by atoms with E-state index in [1.165, 1.54) is 0 Å². The Balaban J connectivity index is 1.65. The fourth-order valence-corrected chi connectivity index (χ4v) is 5.60. The smallest absolute Gasteiger partial charge is 0.345 e. The fourth-order valence-electron chi connectivity index (χ4n) is 5.60. The number of benzene rings is 3. The molecule has 0 radical (unpaired) electrons. The summed E-state index contributed by atoms with van der Waals surface area (Å²) in [6, 6.07) is 20.2. The van der Waals surface area contributed by atoms with E-state index in [0.29, 0.717) is 28.5 Å². The van der Waals surface area contributed by atoms with Crippen LogP contribution in [0.15, 0.2) is 79.0 Å². The number of hydrogen-bond acceptors (Lipinski definition) is 7. The molecule has 1 atom stereocenters. The van der Waals surface area contributed by atoms with Gasteiger partial charge in [0.05, 0.1) is 37.1 Å². The topological polar surface area (TPSA) is 95.7 Å². The molecule has 0 spiro atoms. The number of nitrogens with zero attached hydrogens (tertiary/aromatic N) is 1. The van der Waals surface area contributed by atoms with Gasteiger partial charge in [0.15, 0.2) is 0 Å². The number of para-hydroxylation sites is 1. The van der Waals surface area contributed by atoms with Gasteiger partial charge in [0, 0.05) is 34.6 Å². The van der Waals surface area contributed by atoms with Crippen LogP contribution in [0.25, 0.3) is 16.7 Å². The summed E-state index contributed by atoms with van der Waals surface area (Å²) in [5.74, 6) is 1.16. The fraction of sp³-hybridized carbons (Fsp3) is 0.235. The van der Waals surface area contributed by atoms with Crippen LogP contribution in [0.4, 0.5) is 5.69 Å². The molecule has 1 unspecified atom stereocenters. The van der Waals surface area contributed by atoms with Crippen LogP contribution in [0.5, 0.6) is 17.2 Å². The maximum Gasteiger partial charge on any atom is 0.345 e. The minimum absolute atomic E-state index is 0.208. The summed E-state index contributed by atoms with van der Waals surface area (Å²) in [5.41, 5.74) is 14.6. The first-order valence-electron chi connectivity index (χ1n) is 13.5. The number of carbonyl (C=O) groups excluding carboxylic acids is 1. The SMILES string of the molecule is COc1cc(OC(=O)c2cccnc2C)ccc1-c1ccc2c(c1C(N)c1ccccc1OC)C(C)=CC(C)(C)N2. The number of methoxy groups -OCH3 is 2. The van der Waals surface area contributed by atoms with Gasteiger partial charge in [-0.25, -0.2) is 4.79 Å². The third-order valence-electron chi connectivity index (χ3n) is 7.36. The standard InChI is InChI=1S/C34H35N3O4/c1-20-19-34(3,4)37-27-16-15-25(31(30(20)27)32(35)26-10-7-8-12-28(26)39-5)24-14-13-22(18-29(24)40-6)41-33(38)23-11-9-17-36-21(23)2/h7-19,32,37H,35H2,1-6H3. The first-order chi connectivity index (χ1) is 19.6. The van der Waals surface area contributed by atoms with E-state index >= 15 is 0 Å². The number of fused-ring (bicyclic) bond motifs is 1. The van der Waals surface area contributed by atoms with Gasteiger partial charge in [-0.15, -0.1) is 0 Å². The molecule has 3 N–H and O–H groups in total. The average molecular weight is 550 g/mol. The van der Waals surface area contributed by atoms with Crippen LogP contribution >= 0.6 is 0 Å². The van der Waals surface area contributed by atoms with Crippen molar-refractivity contribution in [1.82, 2.24) is 4.98 Å². The van der Waals surface area contributed by atoms with E-state index in [-0.39, 0.29) is 5.54 Å². The number of carbonyl (C=O) groups is 1. The lowest BCUT2D eigenvalue weighted by Gasteiger charge is -2.35. The highest BCUT2D eigenvalue weighted by atomic mass is 16.5. The van der Waals surface area contributed by atoms with Crippen molar-refractivity contribution < 1.29 is 19.0 Å². The predicted molar refractivity (Wildman–Crippen MR) is 163 cm³/mol. The van der Waals surface area contributed by atoms with Crippen LogP contribution in [0, 0.1) is 6.92 Å². The first-order valence-corrected chi connectivity index (χ1v) is 13.5. The Morgan fingerprint density at radius 1 is 0.927 bits per heavy atom. The largest absolute Gasteiger partial charge is 0.496 e. The molecule has 0 saturated heterocycles. The Labute approximate surface area is 241 Å². The lowest BCUT2D eigenvalue weighted by Crippen LogP contribution is -2.32. The molecule has 1 aliphatic heterocycles. The number of allylic oxidation sites excluding steroid dienone is 1. The lowest BCUT2D eigenvalue weighted by molar-refractivity contribution is 0.0733. The molecule has 2 heterocycles. The number of pyridine rings is 1. The Kier molecular flexibility index (Phi) is 7.56. The molecule has 41 heavy (non-hydrogen) atoms. The van der Waals surface area contributed by atoms with Crippen LogP contribution < -0.4 is 25.3 Å². The van der Waals surface area contributed by atoms with Crippen LogP contribution in [0.2, 0.25) is 0 Å². The third-order valence-corrected chi connectivity index (χ3v) is 7.36. The Morgan fingerprint density at radius 2 is 1.66 bits per heavy atom. The van der Waals surface area contributed by atoms with Crippen molar-refractivity contribution in [3.8, 4) is 28.4 Å². The predicted octanol–water partition coefficient (Wildman–Crippen LogP) is 6.95. The van der Waals surface area contributed by atoms with Gasteiger partial charge in [-0.2, -0.15) is 0 Å². The van der Waals surface area contributed by atoms with Gasteiger partial charge in [0.25, 0.3) is 0 Å². The summed E-state index contributed by atoms with van der Waals surface area (Å²) >= 11 is 0. The van der Waals surface area contributed by atoms with Crippen molar-refractivity contribution in [3.05, 3.63) is 107 Å². The molecule has 1 aliphatic rings. The molecule has 0 fully saturated rings. The van der Waals surface area contributed by atoms with E-state index in [1.54, 1.807) is 51.6 Å². The van der Waals surface area contributed by atoms with Gasteiger partial charge < -0.3 is 25.3 Å². The molecule has 7 nitrogen and oxygen atoms in total. The number of nitrogens with two attached hydrogens (primary N) is 1. The molecule has 210 valence electrons. The van der Waals surface area contributed by atoms with Crippen molar-refractivity contribution >= 4 is 17.2 Å². The number of ether oxygens (including phenoxy) is 3. The van der Waals surface area contributed by atoms with Crippen LogP contribution in [-0.2, 0) is 0 Å². The Morgan fingerprint density at radius 3 is 2.39 bits per heavy atom. The molecule has 5 rings (SSSR count). The van der Waals surface area contributed by atoms with Crippen molar-refractivity contribution in [3.63, 3.8) is 0 Å². The zero-order chi connectivity index (χ0) is 29.3. The highest BCUT2D eigenvalue weighted by molar-refractivity contribution is 5.93. The van der Waals surface area contributed by atoms with Gasteiger partial charge in [-0.05, 0) is 80.8 Å². The van der Waals surface area contributed by atoms with Gasteiger partial charge >= 0.3 is 5.97 Å². The summed E-state index contributed by atoms with van der Waals surface area (Å²) < 4.78 is 17.2.